The van der Waals surface area contributed by atoms with Gasteiger partial charge in [-0.15, -0.1) is 0 Å². The molecule has 2 rings (SSSR count). The number of hydrogen-bond donors (Lipinski definition) is 0. The third-order valence-corrected chi connectivity index (χ3v) is 3.15. The molecule has 0 N–H and O–H groups in total. The van der Waals surface area contributed by atoms with E-state index in [1.54, 1.807) is 12.5 Å². The van der Waals surface area contributed by atoms with E-state index in [1.807, 2.05) is 6.07 Å². The molecule has 0 radical (unpaired) electrons. The lowest BCUT2D eigenvalue weighted by molar-refractivity contribution is -0.121. The Morgan fingerprint density at radius 1 is 1.47 bits per heavy atom. The van der Waals surface area contributed by atoms with Gasteiger partial charge in [-0.3, -0.25) is 9.69 Å². The molecular weight excluding hydrogens is 190 g/mol. The van der Waals surface area contributed by atoms with Crippen LogP contribution in [0.2, 0.25) is 0 Å². The van der Waals surface area contributed by atoms with Crippen LogP contribution in [-0.2, 0) is 11.3 Å². The van der Waals surface area contributed by atoms with Crippen molar-refractivity contribution in [1.82, 2.24) is 4.90 Å². The van der Waals surface area contributed by atoms with Crippen LogP contribution in [0.5, 0.6) is 0 Å². The molecule has 1 saturated carbocycles. The predicted octanol–water partition coefficient (Wildman–Crippen LogP) is 2.22. The highest BCUT2D eigenvalue weighted by Crippen LogP contribution is 2.20. The Kier molecular flexibility index (Phi) is 3.21. The Bertz CT molecular complexity index is 308. The molecule has 1 aromatic rings. The first kappa shape index (κ1) is 10.4. The average Bonchev–Trinajstić information content (AvgIpc) is 2.71. The van der Waals surface area contributed by atoms with Crippen LogP contribution in [0.3, 0.4) is 0 Å². The number of ketones is 1. The molecule has 1 fully saturated rings. The topological polar surface area (TPSA) is 33.5 Å². The maximum Gasteiger partial charge on any atom is 0.133 e. The quantitative estimate of drug-likeness (QED) is 0.762. The summed E-state index contributed by atoms with van der Waals surface area (Å²) in [6.07, 6.45) is 7.00. The lowest BCUT2D eigenvalue weighted by atomic mass is 9.93. The smallest absolute Gasteiger partial charge is 0.133 e. The molecule has 3 nitrogen and oxygen atoms in total. The largest absolute Gasteiger partial charge is 0.472 e. The minimum absolute atomic E-state index is 0.419. The Morgan fingerprint density at radius 3 is 2.80 bits per heavy atom. The van der Waals surface area contributed by atoms with Crippen LogP contribution in [0.4, 0.5) is 0 Å². The van der Waals surface area contributed by atoms with Gasteiger partial charge in [-0.05, 0) is 26.0 Å². The van der Waals surface area contributed by atoms with E-state index < -0.39 is 0 Å². The monoisotopic (exact) mass is 207 g/mol. The van der Waals surface area contributed by atoms with Crippen LogP contribution >= 0.6 is 0 Å². The lowest BCUT2D eigenvalue weighted by Crippen LogP contribution is -2.34. The minimum atomic E-state index is 0.419. The van der Waals surface area contributed by atoms with Crippen molar-refractivity contribution >= 4 is 5.78 Å². The summed E-state index contributed by atoms with van der Waals surface area (Å²) >= 11 is 0. The van der Waals surface area contributed by atoms with Crippen LogP contribution in [-0.4, -0.2) is 23.8 Å². The third-order valence-electron chi connectivity index (χ3n) is 3.15. The molecule has 1 heterocycles. The molecule has 0 unspecified atom stereocenters. The number of carbonyl (C=O) groups excluding carboxylic acids is 1. The predicted molar refractivity (Wildman–Crippen MR) is 57.4 cm³/mol. The molecule has 0 bridgehead atoms. The zero-order valence-corrected chi connectivity index (χ0v) is 9.11. The summed E-state index contributed by atoms with van der Waals surface area (Å²) in [5.41, 5.74) is 1.20. The first-order valence-corrected chi connectivity index (χ1v) is 5.49. The second-order valence-electron chi connectivity index (χ2n) is 4.32. The fourth-order valence-electron chi connectivity index (χ4n) is 2.17. The van der Waals surface area contributed by atoms with E-state index >= 15 is 0 Å². The summed E-state index contributed by atoms with van der Waals surface area (Å²) in [7, 11) is 2.12. The third kappa shape index (κ3) is 2.69. The summed E-state index contributed by atoms with van der Waals surface area (Å²) < 4.78 is 5.04. The molecule has 0 aromatic carbocycles. The van der Waals surface area contributed by atoms with Crippen molar-refractivity contribution in [3.05, 3.63) is 24.2 Å². The normalized spacial score (nSPS) is 18.7. The molecule has 0 spiro atoms. The molecule has 0 aliphatic heterocycles. The van der Waals surface area contributed by atoms with Gasteiger partial charge in [-0.25, -0.2) is 0 Å². The van der Waals surface area contributed by atoms with Gasteiger partial charge in [0.05, 0.1) is 12.5 Å². The van der Waals surface area contributed by atoms with Gasteiger partial charge in [0.15, 0.2) is 0 Å². The van der Waals surface area contributed by atoms with Gasteiger partial charge in [0.25, 0.3) is 0 Å². The first-order chi connectivity index (χ1) is 7.25. The molecule has 0 atom stereocenters. The van der Waals surface area contributed by atoms with Gasteiger partial charge in [-0.2, -0.15) is 0 Å². The molecule has 15 heavy (non-hydrogen) atoms. The highest BCUT2D eigenvalue weighted by Gasteiger charge is 2.22. The second kappa shape index (κ2) is 4.62. The van der Waals surface area contributed by atoms with Crippen LogP contribution in [0.15, 0.2) is 23.0 Å². The van der Waals surface area contributed by atoms with Gasteiger partial charge in [0.1, 0.15) is 5.78 Å². The van der Waals surface area contributed by atoms with Crippen LogP contribution in [0, 0.1) is 0 Å². The maximum atomic E-state index is 11.1. The molecular formula is C12H17NO2. The van der Waals surface area contributed by atoms with Gasteiger partial charge < -0.3 is 4.42 Å². The Labute approximate surface area is 90.1 Å². The Morgan fingerprint density at radius 2 is 2.20 bits per heavy atom. The first-order valence-electron chi connectivity index (χ1n) is 5.49. The number of hydrogen-bond acceptors (Lipinski definition) is 3. The van der Waals surface area contributed by atoms with E-state index in [4.69, 9.17) is 4.42 Å². The van der Waals surface area contributed by atoms with Crippen molar-refractivity contribution in [2.24, 2.45) is 0 Å². The Hall–Kier alpha value is -1.09. The van der Waals surface area contributed by atoms with Crippen molar-refractivity contribution in [3.63, 3.8) is 0 Å². The summed E-state index contributed by atoms with van der Waals surface area (Å²) in [5, 5.41) is 0. The van der Waals surface area contributed by atoms with E-state index in [1.165, 1.54) is 5.56 Å². The fraction of sp³-hybridized carbons (Fsp3) is 0.583. The maximum absolute atomic E-state index is 11.1. The number of rotatable bonds is 3. The number of nitrogens with zero attached hydrogens (tertiary/aromatic N) is 1. The highest BCUT2D eigenvalue weighted by molar-refractivity contribution is 5.79. The summed E-state index contributed by atoms with van der Waals surface area (Å²) in [4.78, 5) is 13.4. The van der Waals surface area contributed by atoms with Gasteiger partial charge in [0, 0.05) is 31.0 Å². The molecule has 1 aliphatic rings. The standard InChI is InChI=1S/C12H17NO2/c1-13(8-10-6-7-15-9-10)11-2-4-12(14)5-3-11/h6-7,9,11H,2-5,8H2,1H3. The van der Waals surface area contributed by atoms with Crippen LogP contribution in [0.25, 0.3) is 0 Å². The fourth-order valence-corrected chi connectivity index (χ4v) is 2.17. The SMILES string of the molecule is CN(Cc1ccoc1)C1CCC(=O)CC1. The summed E-state index contributed by atoms with van der Waals surface area (Å²) in [5.74, 6) is 0.419. The van der Waals surface area contributed by atoms with E-state index in [2.05, 4.69) is 11.9 Å². The molecule has 0 amide bonds. The van der Waals surface area contributed by atoms with E-state index in [0.29, 0.717) is 11.8 Å². The van der Waals surface area contributed by atoms with E-state index in [0.717, 1.165) is 32.2 Å². The van der Waals surface area contributed by atoms with Crippen LogP contribution < -0.4 is 0 Å². The molecule has 82 valence electrons. The minimum Gasteiger partial charge on any atom is -0.472 e. The highest BCUT2D eigenvalue weighted by atomic mass is 16.3. The van der Waals surface area contributed by atoms with Crippen molar-refractivity contribution in [1.29, 1.82) is 0 Å². The number of Topliss-reactive ketones (excluding diaryl/α,β-unsaturated/α-hetero) is 1. The van der Waals surface area contributed by atoms with Gasteiger partial charge in [0.2, 0.25) is 0 Å². The summed E-state index contributed by atoms with van der Waals surface area (Å²) in [6.45, 7) is 0.912. The zero-order valence-electron chi connectivity index (χ0n) is 9.11. The molecule has 3 heteroatoms. The molecule has 0 saturated heterocycles. The lowest BCUT2D eigenvalue weighted by Gasteiger charge is -2.30. The Balaban J connectivity index is 1.85. The van der Waals surface area contributed by atoms with E-state index in [9.17, 15) is 4.79 Å². The van der Waals surface area contributed by atoms with E-state index in [-0.39, 0.29) is 0 Å². The van der Waals surface area contributed by atoms with Crippen molar-refractivity contribution < 1.29 is 9.21 Å². The molecule has 1 aromatic heterocycles. The zero-order chi connectivity index (χ0) is 10.7. The number of carbonyl (C=O) groups is 1. The van der Waals surface area contributed by atoms with Gasteiger partial charge in [-0.1, -0.05) is 0 Å². The van der Waals surface area contributed by atoms with Crippen LogP contribution in [0.1, 0.15) is 31.2 Å². The number of furan rings is 1. The van der Waals surface area contributed by atoms with Crippen molar-refractivity contribution in [2.45, 2.75) is 38.3 Å². The van der Waals surface area contributed by atoms with Gasteiger partial charge >= 0.3 is 0 Å². The average molecular weight is 207 g/mol. The molecule has 1 aliphatic carbocycles. The van der Waals surface area contributed by atoms with Crippen molar-refractivity contribution in [3.8, 4) is 0 Å². The second-order valence-corrected chi connectivity index (χ2v) is 4.32. The van der Waals surface area contributed by atoms with Crippen molar-refractivity contribution in [2.75, 3.05) is 7.05 Å². The summed E-state index contributed by atoms with van der Waals surface area (Å²) in [6, 6.07) is 2.54.